The summed E-state index contributed by atoms with van der Waals surface area (Å²) in [6.45, 7) is 0.417. The molecule has 0 bridgehead atoms. The highest BCUT2D eigenvalue weighted by Crippen LogP contribution is 2.33. The molecule has 0 aliphatic carbocycles. The minimum atomic E-state index is -4.49. The van der Waals surface area contributed by atoms with Crippen molar-refractivity contribution in [2.45, 2.75) is 25.1 Å². The number of pyridine rings is 1. The number of ether oxygens (including phenoxy) is 2. The third-order valence-corrected chi connectivity index (χ3v) is 5.10. The van der Waals surface area contributed by atoms with E-state index in [1.807, 2.05) is 6.07 Å². The lowest BCUT2D eigenvalue weighted by Crippen LogP contribution is -2.43. The van der Waals surface area contributed by atoms with Crippen molar-refractivity contribution in [2.75, 3.05) is 19.7 Å². The number of nitrogens with zero attached hydrogens (tertiary/aromatic N) is 4. The Bertz CT molecular complexity index is 1040. The first kappa shape index (κ1) is 21.7. The predicted molar refractivity (Wildman–Crippen MR) is 108 cm³/mol. The van der Waals surface area contributed by atoms with Crippen LogP contribution in [0.5, 0.6) is 17.4 Å². The number of amides is 1. The molecular formula is C22H21F3N4O3. The second-order valence-electron chi connectivity index (χ2n) is 7.32. The topological polar surface area (TPSA) is 69.5 Å². The van der Waals surface area contributed by atoms with Gasteiger partial charge in [0, 0.05) is 31.5 Å². The molecule has 7 nitrogen and oxygen atoms in total. The smallest absolute Gasteiger partial charge is 0.433 e. The molecule has 3 aromatic rings. The Morgan fingerprint density at radius 3 is 2.56 bits per heavy atom. The molecule has 0 N–H and O–H groups in total. The highest BCUT2D eigenvalue weighted by atomic mass is 19.4. The highest BCUT2D eigenvalue weighted by molar-refractivity contribution is 5.77. The zero-order valence-corrected chi connectivity index (χ0v) is 17.0. The summed E-state index contributed by atoms with van der Waals surface area (Å²) in [4.78, 5) is 18.2. The molecule has 1 aliphatic heterocycles. The number of likely N-dealkylation sites (tertiary alicyclic amines) is 1. The van der Waals surface area contributed by atoms with E-state index in [1.165, 1.54) is 4.90 Å². The third-order valence-electron chi connectivity index (χ3n) is 5.10. The van der Waals surface area contributed by atoms with E-state index in [4.69, 9.17) is 9.47 Å². The second-order valence-corrected chi connectivity index (χ2v) is 7.32. The van der Waals surface area contributed by atoms with Crippen LogP contribution in [-0.4, -0.2) is 45.3 Å². The van der Waals surface area contributed by atoms with E-state index in [9.17, 15) is 18.0 Å². The minimum absolute atomic E-state index is 0.157. The van der Waals surface area contributed by atoms with Crippen molar-refractivity contribution < 1.29 is 27.4 Å². The van der Waals surface area contributed by atoms with Gasteiger partial charge in [0.05, 0.1) is 6.04 Å². The monoisotopic (exact) mass is 446 g/mol. The second kappa shape index (κ2) is 9.29. The van der Waals surface area contributed by atoms with Crippen LogP contribution < -0.4 is 9.47 Å². The average Bonchev–Trinajstić information content (AvgIpc) is 3.30. The summed E-state index contributed by atoms with van der Waals surface area (Å²) in [5.41, 5.74) is -0.805. The maximum absolute atomic E-state index is 13.2. The Labute approximate surface area is 182 Å². The summed E-state index contributed by atoms with van der Waals surface area (Å²) in [5, 5.41) is 3.84. The summed E-state index contributed by atoms with van der Waals surface area (Å²) in [5.74, 6) is 1.22. The normalized spacial score (nSPS) is 16.6. The van der Waals surface area contributed by atoms with Gasteiger partial charge < -0.3 is 14.4 Å². The highest BCUT2D eigenvalue weighted by Gasteiger charge is 2.37. The molecule has 1 aromatic carbocycles. The largest absolute Gasteiger partial charge is 0.484 e. The SMILES string of the molecule is O=C(COc1ccc(Oc2ccccn2)cc1)N1CCCC(n2nccc2C(F)(F)F)C1. The summed E-state index contributed by atoms with van der Waals surface area (Å²) < 4.78 is 51.7. The van der Waals surface area contributed by atoms with Crippen LogP contribution in [0.4, 0.5) is 13.2 Å². The van der Waals surface area contributed by atoms with E-state index in [0.717, 1.165) is 16.9 Å². The number of halogens is 3. The van der Waals surface area contributed by atoms with Crippen LogP contribution in [0.25, 0.3) is 0 Å². The maximum atomic E-state index is 13.2. The number of carbonyl (C=O) groups excluding carboxylic acids is 1. The van der Waals surface area contributed by atoms with Gasteiger partial charge in [-0.25, -0.2) is 4.98 Å². The number of hydrogen-bond donors (Lipinski definition) is 0. The van der Waals surface area contributed by atoms with Gasteiger partial charge in [-0.1, -0.05) is 6.07 Å². The number of piperidine rings is 1. The van der Waals surface area contributed by atoms with Crippen molar-refractivity contribution in [1.29, 1.82) is 0 Å². The fourth-order valence-electron chi connectivity index (χ4n) is 3.58. The molecule has 1 atom stereocenters. The molecule has 4 rings (SSSR count). The molecule has 2 aromatic heterocycles. The van der Waals surface area contributed by atoms with E-state index in [0.29, 0.717) is 36.8 Å². The molecular weight excluding hydrogens is 425 g/mol. The number of benzene rings is 1. The molecule has 1 unspecified atom stereocenters. The van der Waals surface area contributed by atoms with Gasteiger partial charge in [0.2, 0.25) is 5.88 Å². The average molecular weight is 446 g/mol. The van der Waals surface area contributed by atoms with Crippen molar-refractivity contribution >= 4 is 5.91 Å². The van der Waals surface area contributed by atoms with Crippen LogP contribution in [0.1, 0.15) is 24.6 Å². The number of hydrogen-bond acceptors (Lipinski definition) is 5. The Morgan fingerprint density at radius 1 is 1.06 bits per heavy atom. The van der Waals surface area contributed by atoms with Crippen molar-refractivity contribution in [3.63, 3.8) is 0 Å². The van der Waals surface area contributed by atoms with E-state index in [-0.39, 0.29) is 19.1 Å². The molecule has 0 spiro atoms. The van der Waals surface area contributed by atoms with Crippen molar-refractivity contribution in [1.82, 2.24) is 19.7 Å². The molecule has 32 heavy (non-hydrogen) atoms. The Hall–Kier alpha value is -3.56. The van der Waals surface area contributed by atoms with Gasteiger partial charge >= 0.3 is 6.18 Å². The quantitative estimate of drug-likeness (QED) is 0.564. The first-order valence-electron chi connectivity index (χ1n) is 10.1. The molecule has 0 radical (unpaired) electrons. The molecule has 1 fully saturated rings. The van der Waals surface area contributed by atoms with E-state index >= 15 is 0 Å². The zero-order chi connectivity index (χ0) is 22.6. The standard InChI is InChI=1S/C22H21F3N4O3/c23-22(24,25)19-10-12-27-29(19)16-4-3-13-28(14-16)21(30)15-31-17-6-8-18(9-7-17)32-20-5-1-2-11-26-20/h1-2,5-12,16H,3-4,13-15H2. The van der Waals surface area contributed by atoms with Crippen LogP contribution in [0.15, 0.2) is 60.9 Å². The van der Waals surface area contributed by atoms with Crippen molar-refractivity contribution in [2.24, 2.45) is 0 Å². The lowest BCUT2D eigenvalue weighted by Gasteiger charge is -2.33. The molecule has 10 heteroatoms. The predicted octanol–water partition coefficient (Wildman–Crippen LogP) is 4.33. The number of rotatable bonds is 6. The molecule has 168 valence electrons. The summed E-state index contributed by atoms with van der Waals surface area (Å²) >= 11 is 0. The van der Waals surface area contributed by atoms with E-state index in [2.05, 4.69) is 10.1 Å². The Morgan fingerprint density at radius 2 is 1.84 bits per heavy atom. The van der Waals surface area contributed by atoms with Gasteiger partial charge in [-0.05, 0) is 49.2 Å². The van der Waals surface area contributed by atoms with Gasteiger partial charge in [-0.15, -0.1) is 0 Å². The Balaban J connectivity index is 1.32. The third kappa shape index (κ3) is 5.19. The van der Waals surface area contributed by atoms with Crippen molar-refractivity contribution in [3.05, 3.63) is 66.6 Å². The molecule has 1 saturated heterocycles. The van der Waals surface area contributed by atoms with Crippen molar-refractivity contribution in [3.8, 4) is 17.4 Å². The van der Waals surface area contributed by atoms with Gasteiger partial charge in [0.25, 0.3) is 5.91 Å². The van der Waals surface area contributed by atoms with Crippen LogP contribution in [0, 0.1) is 0 Å². The molecule has 3 heterocycles. The van der Waals surface area contributed by atoms with Crippen LogP contribution in [-0.2, 0) is 11.0 Å². The minimum Gasteiger partial charge on any atom is -0.484 e. The molecule has 0 saturated carbocycles. The Kier molecular flexibility index (Phi) is 6.29. The fraction of sp³-hybridized carbons (Fsp3) is 0.318. The molecule has 1 amide bonds. The van der Waals surface area contributed by atoms with E-state index in [1.54, 1.807) is 42.6 Å². The summed E-state index contributed by atoms with van der Waals surface area (Å²) in [6.07, 6.45) is -0.619. The van der Waals surface area contributed by atoms with E-state index < -0.39 is 17.9 Å². The number of aromatic nitrogens is 3. The summed E-state index contributed by atoms with van der Waals surface area (Å²) in [7, 11) is 0. The van der Waals surface area contributed by atoms with Gasteiger partial charge in [-0.2, -0.15) is 18.3 Å². The lowest BCUT2D eigenvalue weighted by molar-refractivity contribution is -0.146. The maximum Gasteiger partial charge on any atom is 0.433 e. The fourth-order valence-corrected chi connectivity index (χ4v) is 3.58. The number of alkyl halides is 3. The van der Waals surface area contributed by atoms with Crippen LogP contribution >= 0.6 is 0 Å². The van der Waals surface area contributed by atoms with Gasteiger partial charge in [0.1, 0.15) is 17.2 Å². The van der Waals surface area contributed by atoms with Gasteiger partial charge in [0.15, 0.2) is 6.61 Å². The van der Waals surface area contributed by atoms with Crippen LogP contribution in [0.3, 0.4) is 0 Å². The lowest BCUT2D eigenvalue weighted by atomic mass is 10.1. The first-order chi connectivity index (χ1) is 15.4. The van der Waals surface area contributed by atoms with Crippen LogP contribution in [0.2, 0.25) is 0 Å². The molecule has 1 aliphatic rings. The number of carbonyl (C=O) groups is 1. The first-order valence-corrected chi connectivity index (χ1v) is 10.1. The zero-order valence-electron chi connectivity index (χ0n) is 17.0. The summed E-state index contributed by atoms with van der Waals surface area (Å²) in [6, 6.07) is 12.5. The van der Waals surface area contributed by atoms with Gasteiger partial charge in [-0.3, -0.25) is 9.48 Å².